The Bertz CT molecular complexity index is 1230. The highest BCUT2D eigenvalue weighted by Crippen LogP contribution is 2.32. The second kappa shape index (κ2) is 6.90. The van der Waals surface area contributed by atoms with Crippen molar-refractivity contribution in [2.45, 2.75) is 0 Å². The van der Waals surface area contributed by atoms with Crippen LogP contribution in [0.1, 0.15) is 10.4 Å². The zero-order valence-electron chi connectivity index (χ0n) is 15.6. The molecular formula is C21H17N5O3. The average Bonchev–Trinajstić information content (AvgIpc) is 3.14. The summed E-state index contributed by atoms with van der Waals surface area (Å²) in [6.07, 6.45) is 3.37. The Kier molecular flexibility index (Phi) is 4.09. The number of hydrogen-bond donors (Lipinski definition) is 1. The van der Waals surface area contributed by atoms with Crippen molar-refractivity contribution in [3.63, 3.8) is 0 Å². The smallest absolute Gasteiger partial charge is 0.255 e. The molecule has 29 heavy (non-hydrogen) atoms. The van der Waals surface area contributed by atoms with Crippen molar-refractivity contribution in [1.29, 1.82) is 0 Å². The molecular weight excluding hydrogens is 370 g/mol. The van der Waals surface area contributed by atoms with Gasteiger partial charge < -0.3 is 19.4 Å². The largest absolute Gasteiger partial charge is 0.486 e. The number of aromatic nitrogens is 4. The van der Waals surface area contributed by atoms with Gasteiger partial charge in [-0.2, -0.15) is 0 Å². The summed E-state index contributed by atoms with van der Waals surface area (Å²) in [6.45, 7) is 1.02. The molecule has 144 valence electrons. The number of anilines is 1. The van der Waals surface area contributed by atoms with Crippen molar-refractivity contribution in [3.05, 3.63) is 60.6 Å². The summed E-state index contributed by atoms with van der Waals surface area (Å²) in [4.78, 5) is 25.9. The summed E-state index contributed by atoms with van der Waals surface area (Å²) in [6, 6.07) is 12.5. The second-order valence-corrected chi connectivity index (χ2v) is 6.65. The highest BCUT2D eigenvalue weighted by atomic mass is 16.6. The molecule has 0 spiro atoms. The number of amides is 1. The number of nitrogens with one attached hydrogen (secondary N) is 1. The molecule has 1 aliphatic rings. The van der Waals surface area contributed by atoms with Gasteiger partial charge in [-0.15, -0.1) is 0 Å². The standard InChI is InChI=1S/C21H17N5O3/c1-26-12-23-16-11-22-19(25-20(16)26)13-3-2-4-14(9-13)21(27)24-15-5-6-17-18(10-15)29-8-7-28-17/h2-6,9-12H,7-8H2,1H3,(H,24,27). The van der Waals surface area contributed by atoms with Gasteiger partial charge in [0, 0.05) is 29.9 Å². The van der Waals surface area contributed by atoms with E-state index in [9.17, 15) is 4.79 Å². The molecule has 2 aromatic heterocycles. The van der Waals surface area contributed by atoms with Gasteiger partial charge in [0.25, 0.3) is 5.91 Å². The molecule has 0 saturated heterocycles. The van der Waals surface area contributed by atoms with E-state index in [1.807, 2.05) is 23.7 Å². The minimum Gasteiger partial charge on any atom is -0.486 e. The number of fused-ring (bicyclic) bond motifs is 2. The van der Waals surface area contributed by atoms with E-state index in [0.29, 0.717) is 41.8 Å². The molecule has 1 N–H and O–H groups in total. The Morgan fingerprint density at radius 3 is 2.83 bits per heavy atom. The van der Waals surface area contributed by atoms with Crippen molar-refractivity contribution >= 4 is 22.8 Å². The van der Waals surface area contributed by atoms with E-state index >= 15 is 0 Å². The van der Waals surface area contributed by atoms with Crippen molar-refractivity contribution < 1.29 is 14.3 Å². The molecule has 8 nitrogen and oxygen atoms in total. The zero-order valence-corrected chi connectivity index (χ0v) is 15.6. The van der Waals surface area contributed by atoms with Crippen molar-refractivity contribution in [3.8, 4) is 22.9 Å². The third-order valence-corrected chi connectivity index (χ3v) is 4.64. The normalized spacial score (nSPS) is 12.7. The molecule has 4 aromatic rings. The predicted octanol–water partition coefficient (Wildman–Crippen LogP) is 3.05. The number of aryl methyl sites for hydroxylation is 1. The Morgan fingerprint density at radius 2 is 1.93 bits per heavy atom. The van der Waals surface area contributed by atoms with Gasteiger partial charge >= 0.3 is 0 Å². The number of rotatable bonds is 3. The Morgan fingerprint density at radius 1 is 1.07 bits per heavy atom. The number of ether oxygens (including phenoxy) is 2. The van der Waals surface area contributed by atoms with Gasteiger partial charge in [-0.3, -0.25) is 4.79 Å². The van der Waals surface area contributed by atoms with Gasteiger partial charge in [-0.25, -0.2) is 15.0 Å². The summed E-state index contributed by atoms with van der Waals surface area (Å²) >= 11 is 0. The lowest BCUT2D eigenvalue weighted by atomic mass is 10.1. The number of carbonyl (C=O) groups excluding carboxylic acids is 1. The van der Waals surface area contributed by atoms with E-state index < -0.39 is 0 Å². The molecule has 0 atom stereocenters. The lowest BCUT2D eigenvalue weighted by Crippen LogP contribution is -2.16. The molecule has 0 radical (unpaired) electrons. The fraction of sp³-hybridized carbons (Fsp3) is 0.143. The van der Waals surface area contributed by atoms with Crippen LogP contribution in [0.25, 0.3) is 22.6 Å². The third kappa shape index (κ3) is 3.25. The van der Waals surface area contributed by atoms with Crippen LogP contribution in [0.15, 0.2) is 55.0 Å². The average molecular weight is 387 g/mol. The van der Waals surface area contributed by atoms with Gasteiger partial charge in [0.2, 0.25) is 0 Å². The van der Waals surface area contributed by atoms with Gasteiger partial charge in [-0.1, -0.05) is 12.1 Å². The molecule has 0 aliphatic carbocycles. The van der Waals surface area contributed by atoms with Crippen molar-refractivity contribution in [2.24, 2.45) is 7.05 Å². The fourth-order valence-corrected chi connectivity index (χ4v) is 3.18. The molecule has 0 bridgehead atoms. The minimum absolute atomic E-state index is 0.231. The number of benzene rings is 2. The Hall–Kier alpha value is -3.94. The van der Waals surface area contributed by atoms with E-state index in [1.54, 1.807) is 42.9 Å². The Balaban J connectivity index is 1.41. The summed E-state index contributed by atoms with van der Waals surface area (Å²) < 4.78 is 12.9. The van der Waals surface area contributed by atoms with Gasteiger partial charge in [0.1, 0.15) is 18.7 Å². The fourth-order valence-electron chi connectivity index (χ4n) is 3.18. The highest BCUT2D eigenvalue weighted by molar-refractivity contribution is 6.05. The van der Waals surface area contributed by atoms with E-state index in [4.69, 9.17) is 9.47 Å². The van der Waals surface area contributed by atoms with E-state index in [-0.39, 0.29) is 5.91 Å². The van der Waals surface area contributed by atoms with Crippen LogP contribution >= 0.6 is 0 Å². The van der Waals surface area contributed by atoms with E-state index in [0.717, 1.165) is 16.7 Å². The first-order chi connectivity index (χ1) is 14.2. The molecule has 8 heteroatoms. The van der Waals surface area contributed by atoms with Crippen molar-refractivity contribution in [2.75, 3.05) is 18.5 Å². The molecule has 2 aromatic carbocycles. The van der Waals surface area contributed by atoms with Crippen LogP contribution in [0, 0.1) is 0 Å². The quantitative estimate of drug-likeness (QED) is 0.581. The minimum atomic E-state index is -0.231. The van der Waals surface area contributed by atoms with Crippen molar-refractivity contribution in [1.82, 2.24) is 19.5 Å². The van der Waals surface area contributed by atoms with Crippen LogP contribution in [-0.4, -0.2) is 38.6 Å². The molecule has 1 aliphatic heterocycles. The summed E-state index contributed by atoms with van der Waals surface area (Å²) in [5.41, 5.74) is 3.36. The maximum Gasteiger partial charge on any atom is 0.255 e. The first-order valence-corrected chi connectivity index (χ1v) is 9.13. The molecule has 5 rings (SSSR count). The number of hydrogen-bond acceptors (Lipinski definition) is 6. The maximum atomic E-state index is 12.8. The monoisotopic (exact) mass is 387 g/mol. The SMILES string of the molecule is Cn1cnc2cnc(-c3cccc(C(=O)Nc4ccc5c(c4)OCCO5)c3)nc21. The number of carbonyl (C=O) groups is 1. The molecule has 0 unspecified atom stereocenters. The van der Waals surface area contributed by atoms with Gasteiger partial charge in [0.05, 0.1) is 12.5 Å². The first-order valence-electron chi connectivity index (χ1n) is 9.13. The van der Waals surface area contributed by atoms with Crippen LogP contribution in [0.3, 0.4) is 0 Å². The van der Waals surface area contributed by atoms with Gasteiger partial charge in [0.15, 0.2) is 23.0 Å². The lowest BCUT2D eigenvalue weighted by Gasteiger charge is -2.19. The van der Waals surface area contributed by atoms with E-state index in [1.165, 1.54) is 0 Å². The van der Waals surface area contributed by atoms with Crippen LogP contribution < -0.4 is 14.8 Å². The summed E-state index contributed by atoms with van der Waals surface area (Å²) in [7, 11) is 1.88. The number of nitrogens with zero attached hydrogens (tertiary/aromatic N) is 4. The zero-order chi connectivity index (χ0) is 19.8. The maximum absolute atomic E-state index is 12.8. The van der Waals surface area contributed by atoms with Crippen LogP contribution in [-0.2, 0) is 7.05 Å². The molecule has 0 saturated carbocycles. The lowest BCUT2D eigenvalue weighted by molar-refractivity contribution is 0.102. The third-order valence-electron chi connectivity index (χ3n) is 4.64. The van der Waals surface area contributed by atoms with Crippen LogP contribution in [0.2, 0.25) is 0 Å². The highest BCUT2D eigenvalue weighted by Gasteiger charge is 2.14. The van der Waals surface area contributed by atoms with E-state index in [2.05, 4.69) is 20.3 Å². The Labute approximate surface area is 166 Å². The van der Waals surface area contributed by atoms with Crippen LogP contribution in [0.5, 0.6) is 11.5 Å². The molecule has 0 fully saturated rings. The summed E-state index contributed by atoms with van der Waals surface area (Å²) in [5.74, 6) is 1.61. The van der Waals surface area contributed by atoms with Crippen LogP contribution in [0.4, 0.5) is 5.69 Å². The summed E-state index contributed by atoms with van der Waals surface area (Å²) in [5, 5.41) is 2.89. The molecule has 3 heterocycles. The molecule has 1 amide bonds. The second-order valence-electron chi connectivity index (χ2n) is 6.65. The first kappa shape index (κ1) is 17.2. The predicted molar refractivity (Wildman–Crippen MR) is 107 cm³/mol. The van der Waals surface area contributed by atoms with Gasteiger partial charge in [-0.05, 0) is 24.3 Å². The topological polar surface area (TPSA) is 91.2 Å². The number of imidazole rings is 1.